The van der Waals surface area contributed by atoms with Crippen LogP contribution in [0.3, 0.4) is 0 Å². The first-order chi connectivity index (χ1) is 6.09. The molecule has 3 atom stereocenters. The Kier molecular flexibility index (Phi) is 3.62. The lowest BCUT2D eigenvalue weighted by molar-refractivity contribution is 0.151. The molecule has 0 aliphatic heterocycles. The zero-order chi connectivity index (χ0) is 9.84. The Morgan fingerprint density at radius 3 is 2.69 bits per heavy atom. The molecule has 6 N–H and O–H groups in total. The first kappa shape index (κ1) is 10.4. The third-order valence-electron chi connectivity index (χ3n) is 2.06. The molecule has 1 aliphatic carbocycles. The fourth-order valence-corrected chi connectivity index (χ4v) is 1.20. The van der Waals surface area contributed by atoms with Crippen molar-refractivity contribution in [3.63, 3.8) is 0 Å². The lowest BCUT2D eigenvalue weighted by Crippen LogP contribution is -2.41. The van der Waals surface area contributed by atoms with Crippen LogP contribution in [-0.2, 0) is 0 Å². The van der Waals surface area contributed by atoms with E-state index in [0.29, 0.717) is 12.8 Å². The molecule has 3 unspecified atom stereocenters. The van der Waals surface area contributed by atoms with Gasteiger partial charge in [0.2, 0.25) is 0 Å². The molecular weight excluding hydrogens is 168 g/mol. The Hall–Kier alpha value is -0.680. The molecular formula is C9H16N2O2. The zero-order valence-electron chi connectivity index (χ0n) is 7.43. The van der Waals surface area contributed by atoms with E-state index >= 15 is 0 Å². The second-order valence-corrected chi connectivity index (χ2v) is 3.30. The summed E-state index contributed by atoms with van der Waals surface area (Å²) >= 11 is 0. The van der Waals surface area contributed by atoms with Crippen molar-refractivity contribution < 1.29 is 10.2 Å². The van der Waals surface area contributed by atoms with Crippen molar-refractivity contribution in [3.05, 3.63) is 23.8 Å². The average molecular weight is 184 g/mol. The van der Waals surface area contributed by atoms with E-state index in [1.165, 1.54) is 0 Å². The van der Waals surface area contributed by atoms with Gasteiger partial charge in [0.25, 0.3) is 0 Å². The maximum atomic E-state index is 9.13. The third-order valence-corrected chi connectivity index (χ3v) is 2.06. The summed E-state index contributed by atoms with van der Waals surface area (Å²) in [5.74, 6) is 0. The van der Waals surface area contributed by atoms with Crippen molar-refractivity contribution in [2.24, 2.45) is 11.5 Å². The number of aliphatic hydroxyl groups excluding tert-OH is 2. The van der Waals surface area contributed by atoms with Crippen molar-refractivity contribution in [2.45, 2.75) is 31.2 Å². The van der Waals surface area contributed by atoms with Crippen LogP contribution >= 0.6 is 0 Å². The van der Waals surface area contributed by atoms with E-state index < -0.39 is 12.3 Å². The summed E-state index contributed by atoms with van der Waals surface area (Å²) in [5.41, 5.74) is 11.8. The quantitative estimate of drug-likeness (QED) is 0.433. The highest BCUT2D eigenvalue weighted by atomic mass is 16.3. The normalized spacial score (nSPS) is 26.8. The summed E-state index contributed by atoms with van der Waals surface area (Å²) in [6.45, 7) is 0. The summed E-state index contributed by atoms with van der Waals surface area (Å²) in [5, 5.41) is 18.1. The molecule has 13 heavy (non-hydrogen) atoms. The summed E-state index contributed by atoms with van der Waals surface area (Å²) < 4.78 is 0. The SMILES string of the molecule is NC(O)C(N)CC1=CCC(O)C=C1. The molecule has 4 nitrogen and oxygen atoms in total. The summed E-state index contributed by atoms with van der Waals surface area (Å²) in [7, 11) is 0. The van der Waals surface area contributed by atoms with Gasteiger partial charge in [0, 0.05) is 6.04 Å². The Morgan fingerprint density at radius 1 is 1.54 bits per heavy atom. The molecule has 74 valence electrons. The van der Waals surface area contributed by atoms with Crippen LogP contribution in [-0.4, -0.2) is 28.6 Å². The molecule has 0 saturated carbocycles. The number of nitrogens with two attached hydrogens (primary N) is 2. The van der Waals surface area contributed by atoms with Crippen LogP contribution in [0.2, 0.25) is 0 Å². The molecule has 0 bridgehead atoms. The first-order valence-corrected chi connectivity index (χ1v) is 4.34. The molecule has 0 aromatic heterocycles. The highest BCUT2D eigenvalue weighted by Gasteiger charge is 2.12. The van der Waals surface area contributed by atoms with Crippen molar-refractivity contribution >= 4 is 0 Å². The number of rotatable bonds is 3. The Balaban J connectivity index is 2.43. The van der Waals surface area contributed by atoms with Gasteiger partial charge in [0.05, 0.1) is 6.10 Å². The molecule has 0 saturated heterocycles. The number of hydrogen-bond donors (Lipinski definition) is 4. The van der Waals surface area contributed by atoms with Crippen LogP contribution < -0.4 is 11.5 Å². The topological polar surface area (TPSA) is 92.5 Å². The van der Waals surface area contributed by atoms with Crippen LogP contribution in [0.25, 0.3) is 0 Å². The zero-order valence-corrected chi connectivity index (χ0v) is 7.43. The molecule has 1 aliphatic rings. The third kappa shape index (κ3) is 3.28. The first-order valence-electron chi connectivity index (χ1n) is 4.34. The molecule has 1 rings (SSSR count). The minimum absolute atomic E-state index is 0.386. The second-order valence-electron chi connectivity index (χ2n) is 3.30. The van der Waals surface area contributed by atoms with Crippen molar-refractivity contribution in [3.8, 4) is 0 Å². The number of allylic oxidation sites excluding steroid dienone is 1. The molecule has 0 amide bonds. The molecule has 4 heteroatoms. The van der Waals surface area contributed by atoms with Gasteiger partial charge in [-0.15, -0.1) is 0 Å². The van der Waals surface area contributed by atoms with Gasteiger partial charge in [-0.1, -0.05) is 23.8 Å². The maximum Gasteiger partial charge on any atom is 0.118 e. The molecule has 0 radical (unpaired) electrons. The van der Waals surface area contributed by atoms with Gasteiger partial charge in [-0.3, -0.25) is 0 Å². The van der Waals surface area contributed by atoms with E-state index in [2.05, 4.69) is 0 Å². The van der Waals surface area contributed by atoms with Crippen LogP contribution in [0, 0.1) is 0 Å². The smallest absolute Gasteiger partial charge is 0.118 e. The minimum atomic E-state index is -0.985. The lowest BCUT2D eigenvalue weighted by Gasteiger charge is -2.17. The molecule has 0 fully saturated rings. The second kappa shape index (κ2) is 4.53. The fourth-order valence-electron chi connectivity index (χ4n) is 1.20. The molecule has 0 heterocycles. The van der Waals surface area contributed by atoms with Crippen molar-refractivity contribution in [1.29, 1.82) is 0 Å². The highest BCUT2D eigenvalue weighted by Crippen LogP contribution is 2.15. The summed E-state index contributed by atoms with van der Waals surface area (Å²) in [6, 6.07) is -0.439. The fraction of sp³-hybridized carbons (Fsp3) is 0.556. The van der Waals surface area contributed by atoms with Crippen molar-refractivity contribution in [2.75, 3.05) is 0 Å². The number of hydrogen-bond acceptors (Lipinski definition) is 4. The van der Waals surface area contributed by atoms with Gasteiger partial charge in [0.15, 0.2) is 0 Å². The standard InChI is InChI=1S/C9H16N2O2/c10-8(9(11)13)5-6-1-3-7(12)4-2-6/h1-3,7-9,12-13H,4-5,10-11H2. The van der Waals surface area contributed by atoms with E-state index in [1.807, 2.05) is 12.2 Å². The monoisotopic (exact) mass is 184 g/mol. The highest BCUT2D eigenvalue weighted by molar-refractivity contribution is 5.25. The van der Waals surface area contributed by atoms with Crippen LogP contribution in [0.1, 0.15) is 12.8 Å². The number of aliphatic hydroxyl groups is 2. The predicted octanol–water partition coefficient (Wildman–Crippen LogP) is -0.772. The Morgan fingerprint density at radius 2 is 2.23 bits per heavy atom. The van der Waals surface area contributed by atoms with E-state index in [9.17, 15) is 0 Å². The van der Waals surface area contributed by atoms with Gasteiger partial charge < -0.3 is 21.7 Å². The lowest BCUT2D eigenvalue weighted by atomic mass is 9.99. The molecule has 0 aromatic rings. The summed E-state index contributed by atoms with van der Waals surface area (Å²) in [4.78, 5) is 0. The van der Waals surface area contributed by atoms with E-state index in [1.54, 1.807) is 6.08 Å². The van der Waals surface area contributed by atoms with Gasteiger partial charge in [-0.2, -0.15) is 0 Å². The van der Waals surface area contributed by atoms with Crippen LogP contribution in [0.5, 0.6) is 0 Å². The predicted molar refractivity (Wildman–Crippen MR) is 50.6 cm³/mol. The van der Waals surface area contributed by atoms with E-state index in [-0.39, 0.29) is 6.10 Å². The van der Waals surface area contributed by atoms with Gasteiger partial charge in [-0.05, 0) is 12.8 Å². The van der Waals surface area contributed by atoms with Gasteiger partial charge in [-0.25, -0.2) is 0 Å². The van der Waals surface area contributed by atoms with Crippen molar-refractivity contribution in [1.82, 2.24) is 0 Å². The van der Waals surface area contributed by atoms with Gasteiger partial charge in [0.1, 0.15) is 6.23 Å². The van der Waals surface area contributed by atoms with E-state index in [0.717, 1.165) is 5.57 Å². The van der Waals surface area contributed by atoms with Crippen LogP contribution in [0.4, 0.5) is 0 Å². The summed E-state index contributed by atoms with van der Waals surface area (Å²) in [6.07, 6.45) is 5.22. The Bertz CT molecular complexity index is 224. The molecule has 0 aromatic carbocycles. The van der Waals surface area contributed by atoms with Gasteiger partial charge >= 0.3 is 0 Å². The average Bonchev–Trinajstić information content (AvgIpc) is 2.08. The largest absolute Gasteiger partial charge is 0.389 e. The minimum Gasteiger partial charge on any atom is -0.389 e. The Labute approximate surface area is 77.5 Å². The van der Waals surface area contributed by atoms with E-state index in [4.69, 9.17) is 21.7 Å². The van der Waals surface area contributed by atoms with Crippen LogP contribution in [0.15, 0.2) is 23.8 Å². The molecule has 0 spiro atoms. The maximum absolute atomic E-state index is 9.13.